The number of nitrogens with two attached hydrogens (primary N) is 1. The van der Waals surface area contributed by atoms with Gasteiger partial charge in [-0.2, -0.15) is 4.31 Å². The maximum atomic E-state index is 12.8. The van der Waals surface area contributed by atoms with Gasteiger partial charge in [0.1, 0.15) is 0 Å². The fourth-order valence-electron chi connectivity index (χ4n) is 3.14. The second-order valence-corrected chi connectivity index (χ2v) is 9.05. The molecular formula is C18H30ClN3O3S. The topological polar surface area (TPSA) is 83.7 Å². The molecule has 1 saturated heterocycles. The Kier molecular flexibility index (Phi) is 7.65. The van der Waals surface area contributed by atoms with E-state index in [0.29, 0.717) is 37.5 Å². The Balaban J connectivity index is 0.00000338. The Morgan fingerprint density at radius 2 is 1.73 bits per heavy atom. The van der Waals surface area contributed by atoms with Crippen LogP contribution in [0.2, 0.25) is 0 Å². The predicted molar refractivity (Wildman–Crippen MR) is 106 cm³/mol. The Bertz CT molecular complexity index is 742. The van der Waals surface area contributed by atoms with E-state index in [4.69, 9.17) is 5.73 Å². The second-order valence-electron chi connectivity index (χ2n) is 7.11. The highest BCUT2D eigenvalue weighted by molar-refractivity contribution is 7.89. The maximum absolute atomic E-state index is 12.8. The zero-order valence-electron chi connectivity index (χ0n) is 16.0. The Labute approximate surface area is 163 Å². The third-order valence-electron chi connectivity index (χ3n) is 4.90. The molecule has 26 heavy (non-hydrogen) atoms. The van der Waals surface area contributed by atoms with Gasteiger partial charge in [0.25, 0.3) is 0 Å². The van der Waals surface area contributed by atoms with Gasteiger partial charge < -0.3 is 10.6 Å². The Morgan fingerprint density at radius 1 is 1.15 bits per heavy atom. The van der Waals surface area contributed by atoms with Gasteiger partial charge in [0, 0.05) is 26.2 Å². The van der Waals surface area contributed by atoms with Gasteiger partial charge in [-0.25, -0.2) is 8.42 Å². The summed E-state index contributed by atoms with van der Waals surface area (Å²) < 4.78 is 27.1. The van der Waals surface area contributed by atoms with Crippen LogP contribution in [0.5, 0.6) is 0 Å². The summed E-state index contributed by atoms with van der Waals surface area (Å²) >= 11 is 0. The fourth-order valence-corrected chi connectivity index (χ4v) is 4.65. The molecule has 0 aliphatic carbocycles. The van der Waals surface area contributed by atoms with Crippen LogP contribution in [-0.2, 0) is 14.8 Å². The lowest BCUT2D eigenvalue weighted by Crippen LogP contribution is -2.58. The molecule has 0 spiro atoms. The SMILES string of the molecule is CCCC(C)(N)C(=O)N1CCN(S(=O)(=O)c2ccc(C)c(C)c2)CC1.Cl. The van der Waals surface area contributed by atoms with Crippen molar-refractivity contribution in [2.45, 2.75) is 51.0 Å². The Hall–Kier alpha value is -1.15. The first kappa shape index (κ1) is 22.9. The number of sulfonamides is 1. The largest absolute Gasteiger partial charge is 0.338 e. The van der Waals surface area contributed by atoms with E-state index in [-0.39, 0.29) is 18.3 Å². The highest BCUT2D eigenvalue weighted by Crippen LogP contribution is 2.21. The minimum Gasteiger partial charge on any atom is -0.338 e. The van der Waals surface area contributed by atoms with Crippen molar-refractivity contribution in [2.75, 3.05) is 26.2 Å². The monoisotopic (exact) mass is 403 g/mol. The average Bonchev–Trinajstić information content (AvgIpc) is 2.56. The molecule has 0 saturated carbocycles. The predicted octanol–water partition coefficient (Wildman–Crippen LogP) is 2.08. The molecular weight excluding hydrogens is 374 g/mol. The fraction of sp³-hybridized carbons (Fsp3) is 0.611. The van der Waals surface area contributed by atoms with E-state index in [2.05, 4.69) is 0 Å². The van der Waals surface area contributed by atoms with Crippen LogP contribution in [0.1, 0.15) is 37.8 Å². The highest BCUT2D eigenvalue weighted by Gasteiger charge is 2.36. The number of aryl methyl sites for hydroxylation is 2. The summed E-state index contributed by atoms with van der Waals surface area (Å²) in [5, 5.41) is 0. The summed E-state index contributed by atoms with van der Waals surface area (Å²) in [7, 11) is -3.53. The van der Waals surface area contributed by atoms with Crippen LogP contribution in [-0.4, -0.2) is 55.2 Å². The summed E-state index contributed by atoms with van der Waals surface area (Å²) in [4.78, 5) is 14.5. The molecule has 148 valence electrons. The van der Waals surface area contributed by atoms with E-state index in [1.54, 1.807) is 24.0 Å². The van der Waals surface area contributed by atoms with E-state index < -0.39 is 15.6 Å². The zero-order chi connectivity index (χ0) is 18.8. The number of carbonyl (C=O) groups is 1. The number of hydrogen-bond acceptors (Lipinski definition) is 4. The standard InChI is InChI=1S/C18H29N3O3S.ClH/c1-5-8-18(4,19)17(22)20-9-11-21(12-10-20)25(23,24)16-7-6-14(2)15(3)13-16;/h6-7,13H,5,8-12,19H2,1-4H3;1H. The number of carbonyl (C=O) groups excluding carboxylic acids is 1. The summed E-state index contributed by atoms with van der Waals surface area (Å²) in [5.41, 5.74) is 7.25. The molecule has 1 unspecified atom stereocenters. The van der Waals surface area contributed by atoms with Crippen molar-refractivity contribution in [1.82, 2.24) is 9.21 Å². The molecule has 1 fully saturated rings. The van der Waals surface area contributed by atoms with Crippen molar-refractivity contribution >= 4 is 28.3 Å². The number of hydrogen-bond donors (Lipinski definition) is 1. The number of rotatable bonds is 5. The summed E-state index contributed by atoms with van der Waals surface area (Å²) in [6.07, 6.45) is 1.45. The van der Waals surface area contributed by atoms with Crippen molar-refractivity contribution in [3.05, 3.63) is 29.3 Å². The first-order chi connectivity index (χ1) is 11.6. The minimum atomic E-state index is -3.53. The van der Waals surface area contributed by atoms with Gasteiger partial charge >= 0.3 is 0 Å². The molecule has 1 amide bonds. The van der Waals surface area contributed by atoms with Crippen LogP contribution in [0.25, 0.3) is 0 Å². The normalized spacial score (nSPS) is 18.1. The molecule has 1 aliphatic rings. The molecule has 8 heteroatoms. The lowest BCUT2D eigenvalue weighted by atomic mass is 9.95. The van der Waals surface area contributed by atoms with Gasteiger partial charge in [-0.05, 0) is 50.5 Å². The van der Waals surface area contributed by atoms with Crippen molar-refractivity contribution in [2.24, 2.45) is 5.73 Å². The molecule has 1 atom stereocenters. The Morgan fingerprint density at radius 3 is 2.23 bits per heavy atom. The molecule has 2 rings (SSSR count). The first-order valence-corrected chi connectivity index (χ1v) is 10.2. The van der Waals surface area contributed by atoms with Crippen molar-refractivity contribution in [1.29, 1.82) is 0 Å². The number of nitrogens with zero attached hydrogens (tertiary/aromatic N) is 2. The maximum Gasteiger partial charge on any atom is 0.243 e. The summed E-state index contributed by atoms with van der Waals surface area (Å²) in [6, 6.07) is 5.18. The van der Waals surface area contributed by atoms with Crippen molar-refractivity contribution in [3.63, 3.8) is 0 Å². The van der Waals surface area contributed by atoms with E-state index in [9.17, 15) is 13.2 Å². The third kappa shape index (κ3) is 4.76. The molecule has 1 aromatic rings. The molecule has 0 bridgehead atoms. The molecule has 0 radical (unpaired) electrons. The van der Waals surface area contributed by atoms with Crippen LogP contribution < -0.4 is 5.73 Å². The van der Waals surface area contributed by atoms with Gasteiger partial charge in [-0.15, -0.1) is 12.4 Å². The van der Waals surface area contributed by atoms with E-state index in [1.807, 2.05) is 26.8 Å². The van der Waals surface area contributed by atoms with Crippen LogP contribution in [0.4, 0.5) is 0 Å². The second kappa shape index (κ2) is 8.69. The summed E-state index contributed by atoms with van der Waals surface area (Å²) in [5.74, 6) is -0.0995. The lowest BCUT2D eigenvalue weighted by molar-refractivity contribution is -0.137. The van der Waals surface area contributed by atoms with Gasteiger partial charge in [0.05, 0.1) is 10.4 Å². The third-order valence-corrected chi connectivity index (χ3v) is 6.79. The van der Waals surface area contributed by atoms with Crippen molar-refractivity contribution < 1.29 is 13.2 Å². The van der Waals surface area contributed by atoms with Crippen LogP contribution >= 0.6 is 12.4 Å². The number of halogens is 1. The van der Waals surface area contributed by atoms with E-state index >= 15 is 0 Å². The molecule has 0 aromatic heterocycles. The molecule has 1 heterocycles. The van der Waals surface area contributed by atoms with Crippen molar-refractivity contribution in [3.8, 4) is 0 Å². The van der Waals surface area contributed by atoms with Gasteiger partial charge in [-0.3, -0.25) is 4.79 Å². The number of benzene rings is 1. The molecule has 6 nitrogen and oxygen atoms in total. The van der Waals surface area contributed by atoms with Crippen LogP contribution in [0, 0.1) is 13.8 Å². The highest BCUT2D eigenvalue weighted by atomic mass is 35.5. The number of piperazine rings is 1. The lowest BCUT2D eigenvalue weighted by Gasteiger charge is -2.38. The van der Waals surface area contributed by atoms with E-state index in [1.165, 1.54) is 4.31 Å². The average molecular weight is 404 g/mol. The first-order valence-electron chi connectivity index (χ1n) is 8.75. The van der Waals surface area contributed by atoms with Gasteiger partial charge in [0.2, 0.25) is 15.9 Å². The van der Waals surface area contributed by atoms with E-state index in [0.717, 1.165) is 17.5 Å². The quantitative estimate of drug-likeness (QED) is 0.815. The summed E-state index contributed by atoms with van der Waals surface area (Å²) in [6.45, 7) is 8.94. The smallest absolute Gasteiger partial charge is 0.243 e. The molecule has 1 aromatic carbocycles. The number of amides is 1. The van der Waals surface area contributed by atoms with Crippen LogP contribution in [0.3, 0.4) is 0 Å². The molecule has 2 N–H and O–H groups in total. The minimum absolute atomic E-state index is 0. The van der Waals surface area contributed by atoms with Gasteiger partial charge in [-0.1, -0.05) is 19.4 Å². The molecule has 1 aliphatic heterocycles. The zero-order valence-corrected chi connectivity index (χ0v) is 17.6. The van der Waals surface area contributed by atoms with Gasteiger partial charge in [0.15, 0.2) is 0 Å². The van der Waals surface area contributed by atoms with Crippen LogP contribution in [0.15, 0.2) is 23.1 Å².